The van der Waals surface area contributed by atoms with Gasteiger partial charge in [-0.3, -0.25) is 4.79 Å². The van der Waals surface area contributed by atoms with Crippen LogP contribution in [0.3, 0.4) is 0 Å². The number of rotatable bonds is 7. The molecule has 0 atom stereocenters. The Hall–Kier alpha value is -4.06. The molecule has 1 aromatic carbocycles. The van der Waals surface area contributed by atoms with Gasteiger partial charge in [-0.15, -0.1) is 0 Å². The van der Waals surface area contributed by atoms with E-state index >= 15 is 0 Å². The smallest absolute Gasteiger partial charge is 0.316 e. The van der Waals surface area contributed by atoms with Crippen LogP contribution >= 0.6 is 0 Å². The van der Waals surface area contributed by atoms with Crippen molar-refractivity contribution in [2.75, 3.05) is 19.8 Å². The number of nitrogens with zero attached hydrogens (tertiary/aromatic N) is 6. The fraction of sp³-hybridized carbons (Fsp3) is 0.238. The standard InChI is InChI=1S/C21H16F2N6O4/c22-15-3-1-13(2-4-15)19-26-17(33-28-19)9-29-18(30)6-5-16(27-29)14-7-24-20(25-8-14)32-12-21(23)10-31-11-21/h1-8H,9-12H2. The van der Waals surface area contributed by atoms with E-state index in [0.29, 0.717) is 16.8 Å². The van der Waals surface area contributed by atoms with Gasteiger partial charge in [-0.1, -0.05) is 5.16 Å². The SMILES string of the molecule is O=c1ccc(-c2cnc(OCC3(F)COC3)nc2)nn1Cc1nc(-c2ccc(F)cc2)no1. The molecule has 168 valence electrons. The quantitative estimate of drug-likeness (QED) is 0.413. The lowest BCUT2D eigenvalue weighted by Gasteiger charge is -2.32. The maximum Gasteiger partial charge on any atom is 0.316 e. The summed E-state index contributed by atoms with van der Waals surface area (Å²) in [6, 6.07) is 8.51. The van der Waals surface area contributed by atoms with Crippen LogP contribution in [-0.2, 0) is 11.3 Å². The van der Waals surface area contributed by atoms with Crippen LogP contribution < -0.4 is 10.3 Å². The predicted octanol–water partition coefficient (Wildman–Crippen LogP) is 2.05. The second-order valence-corrected chi connectivity index (χ2v) is 7.42. The summed E-state index contributed by atoms with van der Waals surface area (Å²) in [4.78, 5) is 24.6. The molecule has 4 aromatic rings. The van der Waals surface area contributed by atoms with Crippen molar-refractivity contribution in [3.8, 4) is 28.7 Å². The van der Waals surface area contributed by atoms with Crippen molar-refractivity contribution in [3.05, 3.63) is 70.9 Å². The van der Waals surface area contributed by atoms with Crippen molar-refractivity contribution in [1.29, 1.82) is 0 Å². The molecule has 3 aromatic heterocycles. The maximum atomic E-state index is 13.9. The second kappa shape index (κ2) is 8.47. The molecule has 1 aliphatic rings. The van der Waals surface area contributed by atoms with Crippen molar-refractivity contribution < 1.29 is 22.8 Å². The first kappa shape index (κ1) is 20.8. The van der Waals surface area contributed by atoms with Gasteiger partial charge in [0.25, 0.3) is 5.56 Å². The Morgan fingerprint density at radius 3 is 2.52 bits per heavy atom. The molecule has 0 N–H and O–H groups in total. The van der Waals surface area contributed by atoms with E-state index in [-0.39, 0.29) is 55.5 Å². The summed E-state index contributed by atoms with van der Waals surface area (Å²) >= 11 is 0. The molecule has 5 rings (SSSR count). The molecule has 0 spiro atoms. The van der Waals surface area contributed by atoms with Crippen LogP contribution in [0.2, 0.25) is 0 Å². The topological polar surface area (TPSA) is 118 Å². The highest BCUT2D eigenvalue weighted by atomic mass is 19.1. The number of aromatic nitrogens is 6. The molecule has 4 heterocycles. The Balaban J connectivity index is 1.30. The number of ether oxygens (including phenoxy) is 2. The number of halogens is 2. The lowest BCUT2D eigenvalue weighted by Crippen LogP contribution is -2.50. The van der Waals surface area contributed by atoms with Crippen LogP contribution in [0.15, 0.2) is 58.1 Å². The zero-order chi connectivity index (χ0) is 22.8. The largest absolute Gasteiger partial charge is 0.460 e. The van der Waals surface area contributed by atoms with Crippen LogP contribution in [0.25, 0.3) is 22.6 Å². The third kappa shape index (κ3) is 4.60. The molecule has 0 aliphatic carbocycles. The van der Waals surface area contributed by atoms with Gasteiger partial charge in [-0.05, 0) is 30.3 Å². The van der Waals surface area contributed by atoms with Crippen molar-refractivity contribution in [3.63, 3.8) is 0 Å². The molecule has 1 saturated heterocycles. The summed E-state index contributed by atoms with van der Waals surface area (Å²) in [5, 5.41) is 8.16. The third-order valence-electron chi connectivity index (χ3n) is 4.83. The molecule has 12 heteroatoms. The molecule has 10 nitrogen and oxygen atoms in total. The summed E-state index contributed by atoms with van der Waals surface area (Å²) < 4.78 is 43.5. The van der Waals surface area contributed by atoms with Gasteiger partial charge in [0.05, 0.1) is 18.9 Å². The van der Waals surface area contributed by atoms with Crippen molar-refractivity contribution in [2.45, 2.75) is 12.2 Å². The van der Waals surface area contributed by atoms with E-state index in [0.717, 1.165) is 4.68 Å². The van der Waals surface area contributed by atoms with Crippen molar-refractivity contribution in [1.82, 2.24) is 29.9 Å². The molecule has 33 heavy (non-hydrogen) atoms. The Morgan fingerprint density at radius 1 is 1.06 bits per heavy atom. The van der Waals surface area contributed by atoms with Gasteiger partial charge in [-0.2, -0.15) is 10.1 Å². The molecular formula is C21H16F2N6O4. The average Bonchev–Trinajstić information content (AvgIpc) is 3.27. The highest BCUT2D eigenvalue weighted by molar-refractivity contribution is 5.56. The van der Waals surface area contributed by atoms with Crippen LogP contribution in [-0.4, -0.2) is 55.4 Å². The number of hydrogen-bond acceptors (Lipinski definition) is 9. The Labute approximate surface area is 184 Å². The molecule has 0 unspecified atom stereocenters. The highest BCUT2D eigenvalue weighted by Gasteiger charge is 2.40. The van der Waals surface area contributed by atoms with Crippen LogP contribution in [0.4, 0.5) is 8.78 Å². The second-order valence-electron chi connectivity index (χ2n) is 7.42. The lowest BCUT2D eigenvalue weighted by molar-refractivity contribution is -0.147. The van der Waals surface area contributed by atoms with E-state index in [1.807, 2.05) is 0 Å². The van der Waals surface area contributed by atoms with Gasteiger partial charge in [0.15, 0.2) is 5.67 Å². The molecule has 1 aliphatic heterocycles. The zero-order valence-electron chi connectivity index (χ0n) is 17.0. The molecular weight excluding hydrogens is 438 g/mol. The lowest BCUT2D eigenvalue weighted by atomic mass is 10.1. The maximum absolute atomic E-state index is 13.9. The number of hydrogen-bond donors (Lipinski definition) is 0. The van der Waals surface area contributed by atoms with Gasteiger partial charge < -0.3 is 14.0 Å². The molecule has 0 bridgehead atoms. The highest BCUT2D eigenvalue weighted by Crippen LogP contribution is 2.23. The van der Waals surface area contributed by atoms with E-state index in [2.05, 4.69) is 25.2 Å². The van der Waals surface area contributed by atoms with Gasteiger partial charge >= 0.3 is 6.01 Å². The van der Waals surface area contributed by atoms with Crippen LogP contribution in [0, 0.1) is 5.82 Å². The predicted molar refractivity (Wildman–Crippen MR) is 108 cm³/mol. The fourth-order valence-electron chi connectivity index (χ4n) is 3.00. The minimum absolute atomic E-state index is 0.0119. The van der Waals surface area contributed by atoms with E-state index in [9.17, 15) is 13.6 Å². The monoisotopic (exact) mass is 454 g/mol. The van der Waals surface area contributed by atoms with Gasteiger partial charge in [-0.25, -0.2) is 23.4 Å². The van der Waals surface area contributed by atoms with Gasteiger partial charge in [0, 0.05) is 29.6 Å². The molecule has 1 fully saturated rings. The average molecular weight is 454 g/mol. The van der Waals surface area contributed by atoms with Crippen LogP contribution in [0.5, 0.6) is 6.01 Å². The Kier molecular flexibility index (Phi) is 5.34. The normalized spacial score (nSPS) is 14.6. The van der Waals surface area contributed by atoms with Crippen molar-refractivity contribution in [2.24, 2.45) is 0 Å². The van der Waals surface area contributed by atoms with E-state index in [1.165, 1.54) is 48.8 Å². The van der Waals surface area contributed by atoms with Crippen molar-refractivity contribution >= 4 is 0 Å². The fourth-order valence-corrected chi connectivity index (χ4v) is 3.00. The number of alkyl halides is 1. The number of benzene rings is 1. The Morgan fingerprint density at radius 2 is 1.82 bits per heavy atom. The van der Waals surface area contributed by atoms with Gasteiger partial charge in [0.1, 0.15) is 19.0 Å². The molecule has 0 amide bonds. The first-order chi connectivity index (χ1) is 16.0. The molecule has 0 saturated carbocycles. The minimum Gasteiger partial charge on any atom is -0.460 e. The summed E-state index contributed by atoms with van der Waals surface area (Å²) in [5.74, 6) is 0.0424. The third-order valence-corrected chi connectivity index (χ3v) is 4.83. The zero-order valence-corrected chi connectivity index (χ0v) is 17.0. The summed E-state index contributed by atoms with van der Waals surface area (Å²) in [6.45, 7) is -0.285. The summed E-state index contributed by atoms with van der Waals surface area (Å²) in [5.41, 5.74) is -0.366. The first-order valence-corrected chi connectivity index (χ1v) is 9.86. The first-order valence-electron chi connectivity index (χ1n) is 9.86. The van der Waals surface area contributed by atoms with E-state index in [1.54, 1.807) is 0 Å². The summed E-state index contributed by atoms with van der Waals surface area (Å²) in [6.07, 6.45) is 2.92. The molecule has 0 radical (unpaired) electrons. The van der Waals surface area contributed by atoms with Crippen LogP contribution in [0.1, 0.15) is 5.89 Å². The van der Waals surface area contributed by atoms with Gasteiger partial charge in [0.2, 0.25) is 11.7 Å². The van der Waals surface area contributed by atoms with E-state index in [4.69, 9.17) is 14.0 Å². The Bertz CT molecular complexity index is 1320. The minimum atomic E-state index is -1.51. The summed E-state index contributed by atoms with van der Waals surface area (Å²) in [7, 11) is 0. The van der Waals surface area contributed by atoms with E-state index < -0.39 is 5.67 Å².